The highest BCUT2D eigenvalue weighted by atomic mass is 16.5. The minimum Gasteiger partial charge on any atom is -0.492 e. The molecule has 0 fully saturated rings. The van der Waals surface area contributed by atoms with E-state index in [4.69, 9.17) is 10.5 Å². The van der Waals surface area contributed by atoms with E-state index in [1.54, 1.807) is 6.20 Å². The van der Waals surface area contributed by atoms with Gasteiger partial charge in [-0.15, -0.1) is 0 Å². The summed E-state index contributed by atoms with van der Waals surface area (Å²) in [5.74, 6) is 0.814. The number of hydrogen-bond donors (Lipinski definition) is 1. The van der Waals surface area contributed by atoms with Crippen LogP contribution < -0.4 is 10.5 Å². The van der Waals surface area contributed by atoms with Gasteiger partial charge in [-0.1, -0.05) is 0 Å². The molecule has 0 amide bonds. The summed E-state index contributed by atoms with van der Waals surface area (Å²) < 4.78 is 5.36. The Morgan fingerprint density at radius 2 is 2.33 bits per heavy atom. The van der Waals surface area contributed by atoms with Gasteiger partial charge in [0.25, 0.3) is 0 Å². The van der Waals surface area contributed by atoms with Gasteiger partial charge in [0.05, 0.1) is 12.8 Å². The minimum atomic E-state index is 0.666. The Balaban J connectivity index is 2.37. The zero-order chi connectivity index (χ0) is 8.81. The number of pyridine rings is 1. The van der Waals surface area contributed by atoms with Crippen molar-refractivity contribution in [1.29, 1.82) is 0 Å². The van der Waals surface area contributed by atoms with Crippen LogP contribution in [0.2, 0.25) is 0 Å². The Morgan fingerprint density at radius 3 is 2.92 bits per heavy atom. The van der Waals surface area contributed by atoms with E-state index in [1.807, 2.05) is 19.1 Å². The molecule has 0 aromatic carbocycles. The van der Waals surface area contributed by atoms with Crippen molar-refractivity contribution in [3.8, 4) is 5.75 Å². The number of nitrogens with two attached hydrogens (primary N) is 1. The molecule has 0 unspecified atom stereocenters. The summed E-state index contributed by atoms with van der Waals surface area (Å²) in [5, 5.41) is 0. The van der Waals surface area contributed by atoms with Crippen LogP contribution in [0.3, 0.4) is 0 Å². The van der Waals surface area contributed by atoms with Gasteiger partial charge in [0, 0.05) is 5.69 Å². The molecule has 0 aliphatic carbocycles. The zero-order valence-electron chi connectivity index (χ0n) is 7.29. The maximum absolute atomic E-state index is 5.36. The highest BCUT2D eigenvalue weighted by Gasteiger charge is 1.92. The lowest BCUT2D eigenvalue weighted by Crippen LogP contribution is -2.06. The van der Waals surface area contributed by atoms with Crippen molar-refractivity contribution in [3.05, 3.63) is 24.0 Å². The summed E-state index contributed by atoms with van der Waals surface area (Å²) >= 11 is 0. The van der Waals surface area contributed by atoms with Crippen LogP contribution >= 0.6 is 0 Å². The quantitative estimate of drug-likeness (QED) is 0.682. The first-order chi connectivity index (χ1) is 5.83. The first-order valence-corrected chi connectivity index (χ1v) is 4.08. The Kier molecular flexibility index (Phi) is 3.54. The highest BCUT2D eigenvalue weighted by molar-refractivity contribution is 5.18. The third-order valence-corrected chi connectivity index (χ3v) is 1.50. The number of nitrogens with zero attached hydrogens (tertiary/aromatic N) is 1. The fourth-order valence-electron chi connectivity index (χ4n) is 0.813. The second kappa shape index (κ2) is 4.72. The van der Waals surface area contributed by atoms with E-state index in [-0.39, 0.29) is 0 Å². The molecule has 0 saturated heterocycles. The maximum atomic E-state index is 5.36. The number of rotatable bonds is 4. The lowest BCUT2D eigenvalue weighted by atomic mass is 10.4. The van der Waals surface area contributed by atoms with Crippen molar-refractivity contribution < 1.29 is 4.74 Å². The van der Waals surface area contributed by atoms with Crippen molar-refractivity contribution >= 4 is 0 Å². The fraction of sp³-hybridized carbons (Fsp3) is 0.444. The van der Waals surface area contributed by atoms with Crippen LogP contribution in [0.4, 0.5) is 0 Å². The average molecular weight is 166 g/mol. The summed E-state index contributed by atoms with van der Waals surface area (Å²) in [7, 11) is 0. The molecule has 0 spiro atoms. The summed E-state index contributed by atoms with van der Waals surface area (Å²) in [5.41, 5.74) is 6.32. The first kappa shape index (κ1) is 9.00. The topological polar surface area (TPSA) is 48.1 Å². The lowest BCUT2D eigenvalue weighted by molar-refractivity contribution is 0.312. The van der Waals surface area contributed by atoms with Crippen molar-refractivity contribution in [2.75, 3.05) is 13.2 Å². The second-order valence-electron chi connectivity index (χ2n) is 2.63. The summed E-state index contributed by atoms with van der Waals surface area (Å²) in [6.07, 6.45) is 2.61. The maximum Gasteiger partial charge on any atom is 0.137 e. The molecule has 12 heavy (non-hydrogen) atoms. The predicted octanol–water partition coefficient (Wildman–Crippen LogP) is 1.12. The van der Waals surface area contributed by atoms with Crippen LogP contribution in [0, 0.1) is 6.92 Å². The smallest absolute Gasteiger partial charge is 0.137 e. The van der Waals surface area contributed by atoms with Crippen LogP contribution in [0.5, 0.6) is 5.75 Å². The van der Waals surface area contributed by atoms with E-state index < -0.39 is 0 Å². The van der Waals surface area contributed by atoms with E-state index in [0.29, 0.717) is 13.2 Å². The Hall–Kier alpha value is -1.09. The summed E-state index contributed by atoms with van der Waals surface area (Å²) in [6, 6.07) is 3.84. The third kappa shape index (κ3) is 2.88. The molecule has 0 bridgehead atoms. The van der Waals surface area contributed by atoms with Gasteiger partial charge in [0.1, 0.15) is 5.75 Å². The molecule has 1 aromatic rings. The van der Waals surface area contributed by atoms with Crippen molar-refractivity contribution in [3.63, 3.8) is 0 Å². The highest BCUT2D eigenvalue weighted by Crippen LogP contribution is 2.08. The molecule has 0 atom stereocenters. The van der Waals surface area contributed by atoms with Crippen molar-refractivity contribution in [2.45, 2.75) is 13.3 Å². The van der Waals surface area contributed by atoms with Crippen LogP contribution in [0.15, 0.2) is 18.3 Å². The number of ether oxygens (including phenoxy) is 1. The summed E-state index contributed by atoms with van der Waals surface area (Å²) in [4.78, 5) is 4.10. The molecule has 1 aromatic heterocycles. The van der Waals surface area contributed by atoms with Crippen LogP contribution in [0.25, 0.3) is 0 Å². The predicted molar refractivity (Wildman–Crippen MR) is 48.1 cm³/mol. The molecule has 0 radical (unpaired) electrons. The molecule has 2 N–H and O–H groups in total. The molecular weight excluding hydrogens is 152 g/mol. The van der Waals surface area contributed by atoms with Gasteiger partial charge in [-0.25, -0.2) is 0 Å². The van der Waals surface area contributed by atoms with E-state index >= 15 is 0 Å². The van der Waals surface area contributed by atoms with Gasteiger partial charge in [-0.05, 0) is 32.0 Å². The van der Waals surface area contributed by atoms with Crippen molar-refractivity contribution in [2.24, 2.45) is 5.73 Å². The average Bonchev–Trinajstić information content (AvgIpc) is 2.09. The molecule has 66 valence electrons. The Labute approximate surface area is 72.6 Å². The molecule has 0 aliphatic heterocycles. The molecule has 3 nitrogen and oxygen atoms in total. The van der Waals surface area contributed by atoms with E-state index in [1.165, 1.54) is 0 Å². The standard InChI is InChI=1S/C9H14N2O/c1-8-3-4-9(7-11-8)12-6-2-5-10/h3-4,7H,2,5-6,10H2,1H3. The fourth-order valence-corrected chi connectivity index (χ4v) is 0.813. The molecule has 1 heterocycles. The van der Waals surface area contributed by atoms with Gasteiger partial charge >= 0.3 is 0 Å². The zero-order valence-corrected chi connectivity index (χ0v) is 7.29. The number of aryl methyl sites for hydroxylation is 1. The third-order valence-electron chi connectivity index (χ3n) is 1.50. The summed E-state index contributed by atoms with van der Waals surface area (Å²) in [6.45, 7) is 3.28. The van der Waals surface area contributed by atoms with E-state index in [0.717, 1.165) is 17.9 Å². The second-order valence-corrected chi connectivity index (χ2v) is 2.63. The van der Waals surface area contributed by atoms with E-state index in [2.05, 4.69) is 4.98 Å². The van der Waals surface area contributed by atoms with Gasteiger partial charge in [-0.2, -0.15) is 0 Å². The molecule has 0 saturated carbocycles. The Bertz CT molecular complexity index is 220. The number of aromatic nitrogens is 1. The normalized spacial score (nSPS) is 9.83. The Morgan fingerprint density at radius 1 is 1.50 bits per heavy atom. The SMILES string of the molecule is Cc1ccc(OCCCN)cn1. The van der Waals surface area contributed by atoms with Gasteiger partial charge in [-0.3, -0.25) is 4.98 Å². The molecule has 3 heteroatoms. The van der Waals surface area contributed by atoms with Crippen LogP contribution in [-0.4, -0.2) is 18.1 Å². The monoisotopic (exact) mass is 166 g/mol. The van der Waals surface area contributed by atoms with Gasteiger partial charge in [0.2, 0.25) is 0 Å². The van der Waals surface area contributed by atoms with Crippen LogP contribution in [-0.2, 0) is 0 Å². The number of hydrogen-bond acceptors (Lipinski definition) is 3. The van der Waals surface area contributed by atoms with Gasteiger partial charge in [0.15, 0.2) is 0 Å². The molecule has 1 rings (SSSR count). The molecular formula is C9H14N2O. The van der Waals surface area contributed by atoms with Crippen molar-refractivity contribution in [1.82, 2.24) is 4.98 Å². The largest absolute Gasteiger partial charge is 0.492 e. The van der Waals surface area contributed by atoms with E-state index in [9.17, 15) is 0 Å². The first-order valence-electron chi connectivity index (χ1n) is 4.08. The minimum absolute atomic E-state index is 0.666. The lowest BCUT2D eigenvalue weighted by Gasteiger charge is -2.03. The molecule has 0 aliphatic rings. The van der Waals surface area contributed by atoms with Crippen LogP contribution in [0.1, 0.15) is 12.1 Å². The van der Waals surface area contributed by atoms with Gasteiger partial charge < -0.3 is 10.5 Å².